The van der Waals surface area contributed by atoms with E-state index in [1.165, 1.54) is 19.1 Å². The largest absolute Gasteiger partial charge is 0.416 e. The van der Waals surface area contributed by atoms with Gasteiger partial charge in [0.15, 0.2) is 0 Å². The molecule has 0 spiro atoms. The molecule has 2 amide bonds. The summed E-state index contributed by atoms with van der Waals surface area (Å²) in [6.45, 7) is 1.21. The van der Waals surface area contributed by atoms with E-state index in [4.69, 9.17) is 0 Å². The molecule has 4 nitrogen and oxygen atoms in total. The summed E-state index contributed by atoms with van der Waals surface area (Å²) < 4.78 is 65.1. The highest BCUT2D eigenvalue weighted by Crippen LogP contribution is 2.29. The zero-order valence-electron chi connectivity index (χ0n) is 15.1. The van der Waals surface area contributed by atoms with Crippen molar-refractivity contribution in [1.82, 2.24) is 4.90 Å². The van der Waals surface area contributed by atoms with Crippen molar-refractivity contribution < 1.29 is 31.5 Å². The van der Waals surface area contributed by atoms with Gasteiger partial charge in [-0.15, -0.1) is 0 Å². The molecule has 0 radical (unpaired) electrons. The van der Waals surface area contributed by atoms with E-state index in [0.717, 1.165) is 35.2 Å². The topological polar surface area (TPSA) is 49.4 Å². The molecular formula is C20H15F5N2O2. The molecule has 2 aromatic carbocycles. The average Bonchev–Trinajstić information content (AvgIpc) is 2.90. The number of hydrogen-bond acceptors (Lipinski definition) is 3. The molecule has 0 aliphatic carbocycles. The first kappa shape index (κ1) is 20.5. The van der Waals surface area contributed by atoms with Crippen LogP contribution in [-0.2, 0) is 22.2 Å². The van der Waals surface area contributed by atoms with Crippen LogP contribution in [0.4, 0.5) is 27.6 Å². The Labute approximate surface area is 162 Å². The summed E-state index contributed by atoms with van der Waals surface area (Å²) in [6.07, 6.45) is -3.28. The van der Waals surface area contributed by atoms with Crippen LogP contribution in [0.2, 0.25) is 0 Å². The smallest absolute Gasteiger partial charge is 0.351 e. The number of imide groups is 1. The summed E-state index contributed by atoms with van der Waals surface area (Å²) in [5, 5.41) is 2.53. The van der Waals surface area contributed by atoms with E-state index in [1.54, 1.807) is 0 Å². The number of rotatable bonds is 5. The fraction of sp³-hybridized carbons (Fsp3) is 0.200. The molecule has 3 rings (SSSR count). The molecule has 9 heteroatoms. The van der Waals surface area contributed by atoms with Crippen LogP contribution >= 0.6 is 0 Å². The highest BCUT2D eigenvalue weighted by Gasteiger charge is 2.32. The summed E-state index contributed by atoms with van der Waals surface area (Å²) in [5.74, 6) is -2.92. The van der Waals surface area contributed by atoms with Crippen molar-refractivity contribution >= 4 is 17.5 Å². The van der Waals surface area contributed by atoms with E-state index >= 15 is 0 Å². The maximum atomic E-state index is 13.6. The number of halogens is 5. The normalized spacial score (nSPS) is 14.4. The van der Waals surface area contributed by atoms with Gasteiger partial charge < -0.3 is 5.32 Å². The van der Waals surface area contributed by atoms with Crippen molar-refractivity contribution in [1.29, 1.82) is 0 Å². The van der Waals surface area contributed by atoms with Crippen LogP contribution in [0.3, 0.4) is 0 Å². The summed E-state index contributed by atoms with van der Waals surface area (Å²) in [6, 6.07) is 6.41. The van der Waals surface area contributed by atoms with Crippen LogP contribution in [0.15, 0.2) is 48.2 Å². The van der Waals surface area contributed by atoms with Crippen LogP contribution in [-0.4, -0.2) is 23.3 Å². The molecule has 2 aromatic rings. The minimum Gasteiger partial charge on any atom is -0.351 e. The number of carbonyl (C=O) groups is 2. The van der Waals surface area contributed by atoms with E-state index in [9.17, 15) is 31.5 Å². The summed E-state index contributed by atoms with van der Waals surface area (Å²) in [4.78, 5) is 25.4. The second kappa shape index (κ2) is 7.65. The quantitative estimate of drug-likeness (QED) is 0.594. The molecular weight excluding hydrogens is 395 g/mol. The molecule has 1 heterocycles. The Bertz CT molecular complexity index is 974. The van der Waals surface area contributed by atoms with Gasteiger partial charge in [-0.3, -0.25) is 14.5 Å². The van der Waals surface area contributed by atoms with Gasteiger partial charge >= 0.3 is 6.18 Å². The third kappa shape index (κ3) is 4.44. The second-order valence-electron chi connectivity index (χ2n) is 6.49. The number of carbonyl (C=O) groups excluding carboxylic acids is 2. The Kier molecular flexibility index (Phi) is 5.41. The lowest BCUT2D eigenvalue weighted by molar-refractivity contribution is -0.138. The Morgan fingerprint density at radius 3 is 2.14 bits per heavy atom. The predicted molar refractivity (Wildman–Crippen MR) is 94.7 cm³/mol. The Hall–Kier alpha value is -3.23. The summed E-state index contributed by atoms with van der Waals surface area (Å²) in [7, 11) is 0. The van der Waals surface area contributed by atoms with Crippen LogP contribution in [0, 0.1) is 18.6 Å². The van der Waals surface area contributed by atoms with E-state index in [1.807, 2.05) is 0 Å². The van der Waals surface area contributed by atoms with E-state index < -0.39 is 35.2 Å². The van der Waals surface area contributed by atoms with Gasteiger partial charge in [-0.05, 0) is 43.2 Å². The lowest BCUT2D eigenvalue weighted by atomic mass is 10.1. The van der Waals surface area contributed by atoms with Crippen LogP contribution in [0.5, 0.6) is 0 Å². The van der Waals surface area contributed by atoms with Gasteiger partial charge in [-0.25, -0.2) is 8.78 Å². The highest BCUT2D eigenvalue weighted by molar-refractivity contribution is 6.17. The lowest BCUT2D eigenvalue weighted by Crippen LogP contribution is -2.33. The monoisotopic (exact) mass is 410 g/mol. The first-order valence-corrected chi connectivity index (χ1v) is 8.52. The third-order valence-electron chi connectivity index (χ3n) is 4.47. The van der Waals surface area contributed by atoms with E-state index in [0.29, 0.717) is 5.56 Å². The fourth-order valence-electron chi connectivity index (χ4n) is 2.78. The molecule has 29 heavy (non-hydrogen) atoms. The molecule has 0 bridgehead atoms. The molecule has 1 N–H and O–H groups in total. The number of nitrogens with one attached hydrogen (secondary N) is 1. The van der Waals surface area contributed by atoms with Gasteiger partial charge in [0.1, 0.15) is 17.3 Å². The number of alkyl halides is 3. The fourth-order valence-corrected chi connectivity index (χ4v) is 2.78. The number of amides is 2. The van der Waals surface area contributed by atoms with Crippen molar-refractivity contribution in [2.45, 2.75) is 19.5 Å². The molecule has 0 atom stereocenters. The molecule has 0 aromatic heterocycles. The minimum absolute atomic E-state index is 0.0254. The van der Waals surface area contributed by atoms with Crippen LogP contribution < -0.4 is 5.32 Å². The summed E-state index contributed by atoms with van der Waals surface area (Å²) >= 11 is 0. The highest BCUT2D eigenvalue weighted by atomic mass is 19.4. The Balaban J connectivity index is 1.65. The second-order valence-corrected chi connectivity index (χ2v) is 6.49. The van der Waals surface area contributed by atoms with Crippen molar-refractivity contribution in [2.75, 3.05) is 11.9 Å². The number of nitrogens with zero attached hydrogens (tertiary/aromatic N) is 1. The van der Waals surface area contributed by atoms with Crippen molar-refractivity contribution in [3.8, 4) is 0 Å². The Morgan fingerprint density at radius 1 is 1.00 bits per heavy atom. The zero-order valence-corrected chi connectivity index (χ0v) is 15.1. The standard InChI is InChI=1S/C20H15F5N2O2/c1-11-15(21)8-14(9-16(11)22)26-17-10-18(28)27(19(17)29)7-6-12-2-4-13(5-3-12)20(23,24)25/h2-5,8-10,26H,6-7H2,1H3. The molecule has 0 fully saturated rings. The van der Waals surface area contributed by atoms with Gasteiger partial charge in [0.2, 0.25) is 0 Å². The zero-order chi connectivity index (χ0) is 21.3. The first-order valence-electron chi connectivity index (χ1n) is 8.52. The van der Waals surface area contributed by atoms with Crippen molar-refractivity contribution in [3.05, 3.63) is 76.5 Å². The van der Waals surface area contributed by atoms with Crippen LogP contribution in [0.1, 0.15) is 16.7 Å². The molecule has 0 saturated carbocycles. The predicted octanol–water partition coefficient (Wildman–Crippen LogP) is 4.20. The number of hydrogen-bond donors (Lipinski definition) is 1. The van der Waals surface area contributed by atoms with Crippen LogP contribution in [0.25, 0.3) is 0 Å². The van der Waals surface area contributed by atoms with Crippen molar-refractivity contribution in [3.63, 3.8) is 0 Å². The summed E-state index contributed by atoms with van der Waals surface area (Å²) in [5.41, 5.74) is -0.618. The molecule has 0 unspecified atom stereocenters. The maximum Gasteiger partial charge on any atom is 0.416 e. The molecule has 1 aliphatic rings. The lowest BCUT2D eigenvalue weighted by Gasteiger charge is -2.16. The third-order valence-corrected chi connectivity index (χ3v) is 4.47. The van der Waals surface area contributed by atoms with Gasteiger partial charge in [-0.1, -0.05) is 12.1 Å². The first-order chi connectivity index (χ1) is 13.6. The van der Waals surface area contributed by atoms with Crippen molar-refractivity contribution in [2.24, 2.45) is 0 Å². The SMILES string of the molecule is Cc1c(F)cc(NC2=CC(=O)N(CCc3ccc(C(F)(F)F)cc3)C2=O)cc1F. The average molecular weight is 410 g/mol. The Morgan fingerprint density at radius 2 is 1.59 bits per heavy atom. The van der Waals surface area contributed by atoms with Gasteiger partial charge in [-0.2, -0.15) is 13.2 Å². The minimum atomic E-state index is -4.45. The van der Waals surface area contributed by atoms with E-state index in [-0.39, 0.29) is 29.9 Å². The van der Waals surface area contributed by atoms with Gasteiger partial charge in [0.25, 0.3) is 11.8 Å². The van der Waals surface area contributed by atoms with Gasteiger partial charge in [0.05, 0.1) is 5.56 Å². The van der Waals surface area contributed by atoms with E-state index in [2.05, 4.69) is 5.32 Å². The maximum absolute atomic E-state index is 13.6. The molecule has 1 aliphatic heterocycles. The molecule has 152 valence electrons. The van der Waals surface area contributed by atoms with Gasteiger partial charge in [0, 0.05) is 23.9 Å². The number of benzene rings is 2. The number of anilines is 1. The molecule has 0 saturated heterocycles.